The Hall–Kier alpha value is -2.59. The lowest BCUT2D eigenvalue weighted by molar-refractivity contribution is 1.11. The van der Waals surface area contributed by atoms with Gasteiger partial charge in [-0.15, -0.1) is 0 Å². The maximum Gasteiger partial charge on any atom is 0.213 e. The summed E-state index contributed by atoms with van der Waals surface area (Å²) in [6.45, 7) is 0. The molecule has 1 aromatic heterocycles. The van der Waals surface area contributed by atoms with Crippen LogP contribution in [0, 0.1) is 0 Å². The van der Waals surface area contributed by atoms with Crippen molar-refractivity contribution in [2.45, 2.75) is 0 Å². The SMILES string of the molecule is Brc1cccc2c1nc1n2-c2ccccc2-c2ccccc2N1. The van der Waals surface area contributed by atoms with Crippen LogP contribution in [0.4, 0.5) is 11.6 Å². The Morgan fingerprint density at radius 3 is 2.52 bits per heavy atom. The summed E-state index contributed by atoms with van der Waals surface area (Å²) in [5.74, 6) is 0.837. The molecule has 0 bridgehead atoms. The molecular formula is C19H12BrN3. The molecule has 0 amide bonds. The Morgan fingerprint density at radius 2 is 1.61 bits per heavy atom. The molecule has 0 saturated carbocycles. The van der Waals surface area contributed by atoms with Crippen LogP contribution in [0.1, 0.15) is 0 Å². The van der Waals surface area contributed by atoms with E-state index < -0.39 is 0 Å². The van der Waals surface area contributed by atoms with Gasteiger partial charge in [-0.2, -0.15) is 0 Å². The Morgan fingerprint density at radius 1 is 0.826 bits per heavy atom. The van der Waals surface area contributed by atoms with Gasteiger partial charge in [0.15, 0.2) is 0 Å². The minimum Gasteiger partial charge on any atom is -0.325 e. The number of benzene rings is 3. The normalized spacial score (nSPS) is 12.0. The van der Waals surface area contributed by atoms with Crippen LogP contribution >= 0.6 is 15.9 Å². The van der Waals surface area contributed by atoms with Crippen LogP contribution in [0.25, 0.3) is 27.8 Å². The Labute approximate surface area is 141 Å². The molecule has 0 radical (unpaired) electrons. The van der Waals surface area contributed by atoms with E-state index >= 15 is 0 Å². The monoisotopic (exact) mass is 361 g/mol. The van der Waals surface area contributed by atoms with E-state index in [2.05, 4.69) is 74.3 Å². The number of rotatable bonds is 0. The van der Waals surface area contributed by atoms with Crippen LogP contribution in [0.2, 0.25) is 0 Å². The largest absolute Gasteiger partial charge is 0.325 e. The van der Waals surface area contributed by atoms with Crippen molar-refractivity contribution in [1.29, 1.82) is 0 Å². The highest BCUT2D eigenvalue weighted by Gasteiger charge is 2.22. The molecule has 0 atom stereocenters. The molecule has 2 heterocycles. The average molecular weight is 362 g/mol. The molecule has 1 aliphatic rings. The van der Waals surface area contributed by atoms with E-state index in [4.69, 9.17) is 4.98 Å². The van der Waals surface area contributed by atoms with Gasteiger partial charge in [0.25, 0.3) is 0 Å². The zero-order chi connectivity index (χ0) is 15.4. The second kappa shape index (κ2) is 4.70. The molecule has 0 saturated heterocycles. The zero-order valence-corrected chi connectivity index (χ0v) is 13.7. The number of hydrogen-bond acceptors (Lipinski definition) is 2. The minimum atomic E-state index is 0.837. The molecule has 4 heteroatoms. The molecule has 110 valence electrons. The third-order valence-electron chi connectivity index (χ3n) is 4.24. The smallest absolute Gasteiger partial charge is 0.213 e. The molecule has 1 aliphatic heterocycles. The van der Waals surface area contributed by atoms with Crippen molar-refractivity contribution in [1.82, 2.24) is 9.55 Å². The van der Waals surface area contributed by atoms with E-state index in [9.17, 15) is 0 Å². The van der Waals surface area contributed by atoms with Gasteiger partial charge in [-0.1, -0.05) is 42.5 Å². The zero-order valence-electron chi connectivity index (χ0n) is 12.1. The number of anilines is 2. The molecule has 0 unspecified atom stereocenters. The lowest BCUT2D eigenvalue weighted by Gasteiger charge is -2.10. The standard InChI is InChI=1S/C19H12BrN3/c20-14-8-5-11-17-18(14)22-19-21-15-9-3-1-6-12(15)13-7-2-4-10-16(13)23(17)19/h1-11H,(H,21,22). The molecule has 3 aromatic carbocycles. The number of nitrogens with one attached hydrogen (secondary N) is 1. The van der Waals surface area contributed by atoms with E-state index in [1.807, 2.05) is 18.2 Å². The van der Waals surface area contributed by atoms with Crippen molar-refractivity contribution in [3.8, 4) is 16.8 Å². The van der Waals surface area contributed by atoms with Crippen molar-refractivity contribution in [3.63, 3.8) is 0 Å². The van der Waals surface area contributed by atoms with Crippen LogP contribution in [-0.4, -0.2) is 9.55 Å². The molecule has 0 spiro atoms. The molecule has 1 N–H and O–H groups in total. The van der Waals surface area contributed by atoms with Gasteiger partial charge in [0, 0.05) is 21.3 Å². The first kappa shape index (κ1) is 12.9. The van der Waals surface area contributed by atoms with Crippen LogP contribution in [0.5, 0.6) is 0 Å². The van der Waals surface area contributed by atoms with Gasteiger partial charge in [0.2, 0.25) is 5.95 Å². The number of imidazole rings is 1. The molecular weight excluding hydrogens is 350 g/mol. The molecule has 5 rings (SSSR count). The van der Waals surface area contributed by atoms with Crippen molar-refractivity contribution >= 4 is 38.6 Å². The van der Waals surface area contributed by atoms with Crippen molar-refractivity contribution in [3.05, 3.63) is 71.2 Å². The topological polar surface area (TPSA) is 29.9 Å². The van der Waals surface area contributed by atoms with Gasteiger partial charge in [-0.3, -0.25) is 4.57 Å². The predicted molar refractivity (Wildman–Crippen MR) is 97.5 cm³/mol. The van der Waals surface area contributed by atoms with Gasteiger partial charge in [0.1, 0.15) is 5.52 Å². The first-order valence-electron chi connectivity index (χ1n) is 7.46. The van der Waals surface area contributed by atoms with E-state index in [0.29, 0.717) is 0 Å². The number of fused-ring (bicyclic) bond motifs is 7. The summed E-state index contributed by atoms with van der Waals surface area (Å²) < 4.78 is 3.19. The highest BCUT2D eigenvalue weighted by molar-refractivity contribution is 9.10. The average Bonchev–Trinajstić information content (AvgIpc) is 2.88. The first-order valence-corrected chi connectivity index (χ1v) is 8.25. The van der Waals surface area contributed by atoms with E-state index in [1.165, 1.54) is 11.1 Å². The maximum absolute atomic E-state index is 4.82. The molecule has 0 fully saturated rings. The van der Waals surface area contributed by atoms with E-state index in [-0.39, 0.29) is 0 Å². The van der Waals surface area contributed by atoms with Crippen LogP contribution < -0.4 is 5.32 Å². The summed E-state index contributed by atoms with van der Waals surface area (Å²) in [5, 5.41) is 3.50. The second-order valence-electron chi connectivity index (χ2n) is 5.57. The molecule has 4 aromatic rings. The fraction of sp³-hybridized carbons (Fsp3) is 0. The number of hydrogen-bond donors (Lipinski definition) is 1. The van der Waals surface area contributed by atoms with Gasteiger partial charge in [-0.05, 0) is 40.2 Å². The van der Waals surface area contributed by atoms with Crippen molar-refractivity contribution in [2.24, 2.45) is 0 Å². The number of para-hydroxylation sites is 3. The van der Waals surface area contributed by atoms with Gasteiger partial charge in [0.05, 0.1) is 11.2 Å². The summed E-state index contributed by atoms with van der Waals surface area (Å²) in [7, 11) is 0. The van der Waals surface area contributed by atoms with E-state index in [1.54, 1.807) is 0 Å². The molecule has 23 heavy (non-hydrogen) atoms. The van der Waals surface area contributed by atoms with Gasteiger partial charge >= 0.3 is 0 Å². The highest BCUT2D eigenvalue weighted by Crippen LogP contribution is 2.41. The van der Waals surface area contributed by atoms with E-state index in [0.717, 1.165) is 32.8 Å². The van der Waals surface area contributed by atoms with Crippen LogP contribution in [0.15, 0.2) is 71.2 Å². The minimum absolute atomic E-state index is 0.837. The van der Waals surface area contributed by atoms with Gasteiger partial charge in [-0.25, -0.2) is 4.98 Å². The highest BCUT2D eigenvalue weighted by atomic mass is 79.9. The molecule has 3 nitrogen and oxygen atoms in total. The summed E-state index contributed by atoms with van der Waals surface area (Å²) in [6, 6.07) is 23.0. The van der Waals surface area contributed by atoms with Crippen LogP contribution in [-0.2, 0) is 0 Å². The van der Waals surface area contributed by atoms with Crippen LogP contribution in [0.3, 0.4) is 0 Å². The van der Waals surface area contributed by atoms with Gasteiger partial charge < -0.3 is 5.32 Å². The third kappa shape index (κ3) is 1.79. The number of halogens is 1. The number of aromatic nitrogens is 2. The second-order valence-corrected chi connectivity index (χ2v) is 6.42. The lowest BCUT2D eigenvalue weighted by Crippen LogP contribution is -1.99. The Kier molecular flexibility index (Phi) is 2.64. The number of nitrogens with zero attached hydrogens (tertiary/aromatic N) is 2. The fourth-order valence-corrected chi connectivity index (χ4v) is 3.68. The third-order valence-corrected chi connectivity index (χ3v) is 4.88. The Balaban J connectivity index is 1.96. The predicted octanol–water partition coefficient (Wildman–Crippen LogP) is 5.51. The Bertz CT molecular complexity index is 1070. The fourth-order valence-electron chi connectivity index (χ4n) is 3.24. The van der Waals surface area contributed by atoms with Crippen molar-refractivity contribution in [2.75, 3.05) is 5.32 Å². The summed E-state index contributed by atoms with van der Waals surface area (Å²) in [6.07, 6.45) is 0. The van der Waals surface area contributed by atoms with Crippen molar-refractivity contribution < 1.29 is 0 Å². The lowest BCUT2D eigenvalue weighted by atomic mass is 10.0. The molecule has 0 aliphatic carbocycles. The quantitative estimate of drug-likeness (QED) is 0.394. The summed E-state index contributed by atoms with van der Waals surface area (Å²) >= 11 is 3.61. The summed E-state index contributed by atoms with van der Waals surface area (Å²) in [5.41, 5.74) is 6.65. The summed E-state index contributed by atoms with van der Waals surface area (Å²) in [4.78, 5) is 4.82. The first-order chi connectivity index (χ1) is 11.3. The maximum atomic E-state index is 4.82.